The molecule has 126 valence electrons. The zero-order valence-electron chi connectivity index (χ0n) is 13.2. The van der Waals surface area contributed by atoms with Gasteiger partial charge in [0.1, 0.15) is 11.9 Å². The van der Waals surface area contributed by atoms with E-state index in [0.29, 0.717) is 19.0 Å². The molecule has 0 bridgehead atoms. The van der Waals surface area contributed by atoms with Gasteiger partial charge in [0.2, 0.25) is 5.88 Å². The molecular weight excluding hydrogens is 343 g/mol. The minimum Gasteiger partial charge on any atom is -0.471 e. The standard InChI is InChI=1S/C19H14ClFN2O2/c20-14-5-3-6-15(21)18(14)19(24)23-10-13(11-23)25-17-9-8-12-4-1-2-7-16(12)22-17/h1-9,13H,10-11H2. The summed E-state index contributed by atoms with van der Waals surface area (Å²) in [5.41, 5.74) is 0.761. The summed E-state index contributed by atoms with van der Waals surface area (Å²) in [5, 5.41) is 1.15. The highest BCUT2D eigenvalue weighted by Crippen LogP contribution is 2.25. The smallest absolute Gasteiger partial charge is 0.258 e. The molecule has 4 nitrogen and oxygen atoms in total. The summed E-state index contributed by atoms with van der Waals surface area (Å²) in [7, 11) is 0. The Labute approximate surface area is 148 Å². The third kappa shape index (κ3) is 3.03. The largest absolute Gasteiger partial charge is 0.471 e. The van der Waals surface area contributed by atoms with Crippen LogP contribution in [0.25, 0.3) is 10.9 Å². The second kappa shape index (κ2) is 6.33. The summed E-state index contributed by atoms with van der Waals surface area (Å²) < 4.78 is 19.6. The van der Waals surface area contributed by atoms with Gasteiger partial charge < -0.3 is 9.64 Å². The fourth-order valence-electron chi connectivity index (χ4n) is 2.82. The number of rotatable bonds is 3. The van der Waals surface area contributed by atoms with Crippen LogP contribution in [0.2, 0.25) is 5.02 Å². The highest BCUT2D eigenvalue weighted by Gasteiger charge is 2.35. The average molecular weight is 357 g/mol. The summed E-state index contributed by atoms with van der Waals surface area (Å²) in [5.74, 6) is -0.521. The molecule has 1 fully saturated rings. The molecule has 0 atom stereocenters. The molecule has 25 heavy (non-hydrogen) atoms. The molecule has 1 aromatic heterocycles. The van der Waals surface area contributed by atoms with E-state index in [-0.39, 0.29) is 16.7 Å². The minimum absolute atomic E-state index is 0.0913. The van der Waals surface area contributed by atoms with Crippen LogP contribution in [0.5, 0.6) is 5.88 Å². The van der Waals surface area contributed by atoms with Crippen LogP contribution in [-0.4, -0.2) is 35.0 Å². The van der Waals surface area contributed by atoms with Gasteiger partial charge >= 0.3 is 0 Å². The van der Waals surface area contributed by atoms with Crippen LogP contribution in [0.1, 0.15) is 10.4 Å². The number of carbonyl (C=O) groups is 1. The lowest BCUT2D eigenvalue weighted by Gasteiger charge is -2.38. The predicted molar refractivity (Wildman–Crippen MR) is 93.5 cm³/mol. The molecule has 1 amide bonds. The molecule has 0 spiro atoms. The van der Waals surface area contributed by atoms with Gasteiger partial charge in [0.25, 0.3) is 5.91 Å². The van der Waals surface area contributed by atoms with Crippen molar-refractivity contribution in [3.63, 3.8) is 0 Å². The lowest BCUT2D eigenvalue weighted by atomic mass is 10.1. The van der Waals surface area contributed by atoms with E-state index in [0.717, 1.165) is 10.9 Å². The fraction of sp³-hybridized carbons (Fsp3) is 0.158. The third-order valence-corrected chi connectivity index (χ3v) is 4.49. The molecule has 3 aromatic rings. The number of halogens is 2. The van der Waals surface area contributed by atoms with Gasteiger partial charge in [-0.25, -0.2) is 9.37 Å². The van der Waals surface area contributed by atoms with Crippen molar-refractivity contribution in [2.45, 2.75) is 6.10 Å². The number of aromatic nitrogens is 1. The molecule has 2 heterocycles. The van der Waals surface area contributed by atoms with E-state index < -0.39 is 11.7 Å². The van der Waals surface area contributed by atoms with Crippen LogP contribution < -0.4 is 4.74 Å². The number of nitrogens with zero attached hydrogens (tertiary/aromatic N) is 2. The van der Waals surface area contributed by atoms with Crippen molar-refractivity contribution in [3.8, 4) is 5.88 Å². The molecule has 1 aliphatic rings. The number of para-hydroxylation sites is 1. The summed E-state index contributed by atoms with van der Waals surface area (Å²) in [6.07, 6.45) is -0.164. The Morgan fingerprint density at radius 3 is 2.72 bits per heavy atom. The van der Waals surface area contributed by atoms with Crippen molar-refractivity contribution >= 4 is 28.4 Å². The first kappa shape index (κ1) is 15.8. The Hall–Kier alpha value is -2.66. The molecule has 0 radical (unpaired) electrons. The number of benzene rings is 2. The van der Waals surface area contributed by atoms with Crippen molar-refractivity contribution in [2.75, 3.05) is 13.1 Å². The molecule has 1 saturated heterocycles. The number of ether oxygens (including phenoxy) is 1. The van der Waals surface area contributed by atoms with Gasteiger partial charge in [-0.1, -0.05) is 35.9 Å². The van der Waals surface area contributed by atoms with E-state index in [9.17, 15) is 9.18 Å². The molecule has 1 aliphatic heterocycles. The molecule has 0 saturated carbocycles. The maximum atomic E-state index is 13.8. The van der Waals surface area contributed by atoms with Gasteiger partial charge in [0.05, 0.1) is 29.2 Å². The number of carbonyl (C=O) groups excluding carboxylic acids is 1. The van der Waals surface area contributed by atoms with Crippen molar-refractivity contribution < 1.29 is 13.9 Å². The predicted octanol–water partition coefficient (Wildman–Crippen LogP) is 3.93. The lowest BCUT2D eigenvalue weighted by molar-refractivity contribution is 0.0158. The summed E-state index contributed by atoms with van der Waals surface area (Å²) in [6.45, 7) is 0.746. The highest BCUT2D eigenvalue weighted by atomic mass is 35.5. The Morgan fingerprint density at radius 2 is 1.92 bits per heavy atom. The van der Waals surface area contributed by atoms with Crippen molar-refractivity contribution in [1.82, 2.24) is 9.88 Å². The first-order valence-electron chi connectivity index (χ1n) is 7.87. The number of hydrogen-bond acceptors (Lipinski definition) is 3. The minimum atomic E-state index is -0.613. The number of likely N-dealkylation sites (tertiary alicyclic amines) is 1. The number of hydrogen-bond donors (Lipinski definition) is 0. The van der Waals surface area contributed by atoms with Crippen LogP contribution in [0.4, 0.5) is 4.39 Å². The van der Waals surface area contributed by atoms with Crippen LogP contribution in [0, 0.1) is 5.82 Å². The third-order valence-electron chi connectivity index (χ3n) is 4.17. The monoisotopic (exact) mass is 356 g/mol. The van der Waals surface area contributed by atoms with E-state index in [1.54, 1.807) is 6.07 Å². The zero-order valence-corrected chi connectivity index (χ0v) is 13.9. The molecule has 0 aliphatic carbocycles. The van der Waals surface area contributed by atoms with Crippen LogP contribution in [0.15, 0.2) is 54.6 Å². The van der Waals surface area contributed by atoms with Crippen molar-refractivity contribution in [3.05, 3.63) is 71.0 Å². The van der Waals surface area contributed by atoms with E-state index in [4.69, 9.17) is 16.3 Å². The quantitative estimate of drug-likeness (QED) is 0.714. The van der Waals surface area contributed by atoms with Crippen LogP contribution >= 0.6 is 11.6 Å². The molecule has 6 heteroatoms. The lowest BCUT2D eigenvalue weighted by Crippen LogP contribution is -2.56. The first-order chi connectivity index (χ1) is 12.1. The second-order valence-electron chi connectivity index (χ2n) is 5.89. The average Bonchev–Trinajstić information content (AvgIpc) is 2.57. The Balaban J connectivity index is 1.42. The highest BCUT2D eigenvalue weighted by molar-refractivity contribution is 6.33. The molecule has 4 rings (SSSR count). The summed E-state index contributed by atoms with van der Waals surface area (Å²) in [6, 6.07) is 15.7. The topological polar surface area (TPSA) is 42.4 Å². The van der Waals surface area contributed by atoms with Gasteiger partial charge in [0.15, 0.2) is 0 Å². The van der Waals surface area contributed by atoms with Gasteiger partial charge in [-0.15, -0.1) is 0 Å². The number of fused-ring (bicyclic) bond motifs is 1. The van der Waals surface area contributed by atoms with Crippen LogP contribution in [0.3, 0.4) is 0 Å². The summed E-state index contributed by atoms with van der Waals surface area (Å²) in [4.78, 5) is 18.3. The van der Waals surface area contributed by atoms with E-state index in [1.807, 2.05) is 30.3 Å². The van der Waals surface area contributed by atoms with Crippen molar-refractivity contribution in [2.24, 2.45) is 0 Å². The van der Waals surface area contributed by atoms with Crippen LogP contribution in [-0.2, 0) is 0 Å². The van der Waals surface area contributed by atoms with Gasteiger partial charge in [-0.3, -0.25) is 4.79 Å². The Morgan fingerprint density at radius 1 is 1.12 bits per heavy atom. The molecular formula is C19H14ClFN2O2. The Kier molecular flexibility index (Phi) is 4.01. The van der Waals surface area contributed by atoms with Crippen molar-refractivity contribution in [1.29, 1.82) is 0 Å². The van der Waals surface area contributed by atoms with Gasteiger partial charge in [0, 0.05) is 11.5 Å². The SMILES string of the molecule is O=C(c1c(F)cccc1Cl)N1CC(Oc2ccc3ccccc3n2)C1. The second-order valence-corrected chi connectivity index (χ2v) is 6.30. The number of amides is 1. The summed E-state index contributed by atoms with van der Waals surface area (Å²) >= 11 is 5.94. The van der Waals surface area contributed by atoms with E-state index >= 15 is 0 Å². The zero-order chi connectivity index (χ0) is 17.4. The maximum absolute atomic E-state index is 13.8. The maximum Gasteiger partial charge on any atom is 0.258 e. The fourth-order valence-corrected chi connectivity index (χ4v) is 3.07. The van der Waals surface area contributed by atoms with E-state index in [2.05, 4.69) is 4.98 Å². The molecule has 0 unspecified atom stereocenters. The molecule has 2 aromatic carbocycles. The Bertz CT molecular complexity index is 937. The first-order valence-corrected chi connectivity index (χ1v) is 8.25. The normalized spacial score (nSPS) is 14.4. The van der Waals surface area contributed by atoms with Gasteiger partial charge in [-0.05, 0) is 24.3 Å². The van der Waals surface area contributed by atoms with E-state index in [1.165, 1.54) is 23.1 Å². The number of pyridine rings is 1. The van der Waals surface area contributed by atoms with Gasteiger partial charge in [-0.2, -0.15) is 0 Å². The molecule has 0 N–H and O–H groups in total.